The first-order valence-corrected chi connectivity index (χ1v) is 10.7. The van der Waals surface area contributed by atoms with E-state index in [2.05, 4.69) is 15.6 Å². The third-order valence-electron chi connectivity index (χ3n) is 5.16. The number of fused-ring (bicyclic) bond motifs is 1. The van der Waals surface area contributed by atoms with E-state index in [0.717, 1.165) is 16.5 Å². The lowest BCUT2D eigenvalue weighted by atomic mass is 10.1. The number of nitrogens with one attached hydrogen (secondary N) is 2. The lowest BCUT2D eigenvalue weighted by Gasteiger charge is -2.12. The minimum absolute atomic E-state index is 0.113. The largest absolute Gasteiger partial charge is 0.451 e. The van der Waals surface area contributed by atoms with Crippen LogP contribution in [0.4, 0.5) is 5.69 Å². The topological polar surface area (TPSA) is 97.4 Å². The van der Waals surface area contributed by atoms with E-state index in [1.54, 1.807) is 42.5 Å². The van der Waals surface area contributed by atoms with Crippen LogP contribution in [0.2, 0.25) is 0 Å². The third kappa shape index (κ3) is 5.63. The van der Waals surface area contributed by atoms with Crippen LogP contribution in [0.15, 0.2) is 84.9 Å². The minimum atomic E-state index is -0.704. The van der Waals surface area contributed by atoms with Gasteiger partial charge in [0.05, 0.1) is 16.8 Å². The molecule has 0 spiro atoms. The molecule has 2 amide bonds. The summed E-state index contributed by atoms with van der Waals surface area (Å²) in [6.07, 6.45) is 0. The van der Waals surface area contributed by atoms with Crippen molar-refractivity contribution in [1.29, 1.82) is 0 Å². The van der Waals surface area contributed by atoms with E-state index in [1.807, 2.05) is 49.4 Å². The average Bonchev–Trinajstić information content (AvgIpc) is 2.86. The second kappa shape index (κ2) is 10.4. The molecular formula is C27H23N3O4. The van der Waals surface area contributed by atoms with Crippen molar-refractivity contribution in [1.82, 2.24) is 10.3 Å². The van der Waals surface area contributed by atoms with Gasteiger partial charge < -0.3 is 15.4 Å². The molecule has 0 fully saturated rings. The number of para-hydroxylation sites is 2. The number of pyridine rings is 1. The van der Waals surface area contributed by atoms with Crippen LogP contribution in [0, 0.1) is 6.92 Å². The van der Waals surface area contributed by atoms with Crippen LogP contribution in [0.1, 0.15) is 32.0 Å². The van der Waals surface area contributed by atoms with E-state index in [9.17, 15) is 14.4 Å². The van der Waals surface area contributed by atoms with Crippen molar-refractivity contribution in [3.05, 3.63) is 107 Å². The zero-order chi connectivity index (χ0) is 23.9. The van der Waals surface area contributed by atoms with Crippen LogP contribution >= 0.6 is 0 Å². The quantitative estimate of drug-likeness (QED) is 0.408. The second-order valence-electron chi connectivity index (χ2n) is 7.73. The van der Waals surface area contributed by atoms with E-state index in [1.165, 1.54) is 0 Å². The number of aromatic nitrogens is 1. The predicted molar refractivity (Wildman–Crippen MR) is 129 cm³/mol. The SMILES string of the molecule is Cc1ccc(CNC(=O)c2ccccc2NC(=O)COC(=O)c2ccc3ccccc3n2)cc1. The number of esters is 1. The Balaban J connectivity index is 1.34. The van der Waals surface area contributed by atoms with Crippen LogP contribution in [0.5, 0.6) is 0 Å². The Bertz CT molecular complexity index is 1350. The van der Waals surface area contributed by atoms with Crippen molar-refractivity contribution < 1.29 is 19.1 Å². The molecule has 1 heterocycles. The van der Waals surface area contributed by atoms with Crippen LogP contribution in [0.25, 0.3) is 10.9 Å². The fourth-order valence-corrected chi connectivity index (χ4v) is 3.34. The van der Waals surface area contributed by atoms with E-state index < -0.39 is 18.5 Å². The summed E-state index contributed by atoms with van der Waals surface area (Å²) in [4.78, 5) is 41.7. The molecule has 7 nitrogen and oxygen atoms in total. The number of amides is 2. The summed E-state index contributed by atoms with van der Waals surface area (Å²) in [6.45, 7) is 1.85. The number of benzene rings is 3. The summed E-state index contributed by atoms with van der Waals surface area (Å²) in [5.74, 6) is -1.59. The molecule has 0 aliphatic heterocycles. The van der Waals surface area contributed by atoms with Gasteiger partial charge in [-0.1, -0.05) is 66.2 Å². The summed E-state index contributed by atoms with van der Waals surface area (Å²) in [6, 6.07) is 25.2. The number of ether oxygens (including phenoxy) is 1. The molecule has 170 valence electrons. The molecule has 0 atom stereocenters. The number of rotatable bonds is 7. The fraction of sp³-hybridized carbons (Fsp3) is 0.111. The first-order chi connectivity index (χ1) is 16.5. The third-order valence-corrected chi connectivity index (χ3v) is 5.16. The number of anilines is 1. The molecule has 2 N–H and O–H groups in total. The minimum Gasteiger partial charge on any atom is -0.451 e. The van der Waals surface area contributed by atoms with Crippen LogP contribution in [-0.4, -0.2) is 29.4 Å². The van der Waals surface area contributed by atoms with Gasteiger partial charge in [0, 0.05) is 11.9 Å². The maximum atomic E-state index is 12.7. The number of hydrogen-bond donors (Lipinski definition) is 2. The maximum Gasteiger partial charge on any atom is 0.357 e. The molecule has 0 unspecified atom stereocenters. The van der Waals surface area contributed by atoms with Gasteiger partial charge >= 0.3 is 5.97 Å². The number of carbonyl (C=O) groups is 3. The molecule has 0 aliphatic carbocycles. The molecule has 0 radical (unpaired) electrons. The Morgan fingerprint density at radius 2 is 1.59 bits per heavy atom. The lowest BCUT2D eigenvalue weighted by Crippen LogP contribution is -2.26. The highest BCUT2D eigenvalue weighted by Gasteiger charge is 2.16. The van der Waals surface area contributed by atoms with Crippen molar-refractivity contribution in [2.24, 2.45) is 0 Å². The second-order valence-corrected chi connectivity index (χ2v) is 7.73. The Kier molecular flexibility index (Phi) is 6.93. The summed E-state index contributed by atoms with van der Waals surface area (Å²) < 4.78 is 5.11. The van der Waals surface area contributed by atoms with Gasteiger partial charge in [-0.15, -0.1) is 0 Å². The predicted octanol–water partition coefficient (Wildman–Crippen LogP) is 4.27. The van der Waals surface area contributed by atoms with Crippen molar-refractivity contribution in [2.45, 2.75) is 13.5 Å². The van der Waals surface area contributed by atoms with Gasteiger partial charge in [0.15, 0.2) is 6.61 Å². The van der Waals surface area contributed by atoms with Gasteiger partial charge in [-0.25, -0.2) is 9.78 Å². The van der Waals surface area contributed by atoms with E-state index >= 15 is 0 Å². The monoisotopic (exact) mass is 453 g/mol. The Labute approximate surface area is 196 Å². The number of aryl methyl sites for hydroxylation is 1. The molecular weight excluding hydrogens is 430 g/mol. The molecule has 0 saturated carbocycles. The lowest BCUT2D eigenvalue weighted by molar-refractivity contribution is -0.119. The van der Waals surface area contributed by atoms with Crippen molar-refractivity contribution in [3.8, 4) is 0 Å². The Morgan fingerprint density at radius 1 is 0.853 bits per heavy atom. The Morgan fingerprint density at radius 3 is 2.41 bits per heavy atom. The summed E-state index contributed by atoms with van der Waals surface area (Å²) in [5.41, 5.74) is 3.52. The van der Waals surface area contributed by atoms with Gasteiger partial charge in [0.1, 0.15) is 5.69 Å². The van der Waals surface area contributed by atoms with E-state index in [-0.39, 0.29) is 11.6 Å². The van der Waals surface area contributed by atoms with Crippen LogP contribution < -0.4 is 10.6 Å². The molecule has 1 aromatic heterocycles. The molecule has 4 aromatic rings. The van der Waals surface area contributed by atoms with E-state index in [4.69, 9.17) is 4.74 Å². The van der Waals surface area contributed by atoms with Crippen LogP contribution in [0.3, 0.4) is 0 Å². The van der Waals surface area contributed by atoms with Gasteiger partial charge in [0.2, 0.25) is 0 Å². The van der Waals surface area contributed by atoms with Gasteiger partial charge in [-0.3, -0.25) is 9.59 Å². The zero-order valence-corrected chi connectivity index (χ0v) is 18.6. The fourth-order valence-electron chi connectivity index (χ4n) is 3.34. The Hall–Kier alpha value is -4.52. The molecule has 3 aromatic carbocycles. The molecule has 0 saturated heterocycles. The molecule has 34 heavy (non-hydrogen) atoms. The van der Waals surface area contributed by atoms with Crippen molar-refractivity contribution in [2.75, 3.05) is 11.9 Å². The molecule has 0 bridgehead atoms. The van der Waals surface area contributed by atoms with Gasteiger partial charge in [-0.2, -0.15) is 0 Å². The van der Waals surface area contributed by atoms with Crippen molar-refractivity contribution in [3.63, 3.8) is 0 Å². The summed E-state index contributed by atoms with van der Waals surface area (Å²) >= 11 is 0. The summed E-state index contributed by atoms with van der Waals surface area (Å²) in [5, 5.41) is 6.38. The van der Waals surface area contributed by atoms with E-state index in [0.29, 0.717) is 23.3 Å². The normalized spacial score (nSPS) is 10.5. The number of hydrogen-bond acceptors (Lipinski definition) is 5. The van der Waals surface area contributed by atoms with Gasteiger partial charge in [-0.05, 0) is 36.8 Å². The molecule has 0 aliphatic rings. The maximum absolute atomic E-state index is 12.7. The highest BCUT2D eigenvalue weighted by atomic mass is 16.5. The first-order valence-electron chi connectivity index (χ1n) is 10.7. The van der Waals surface area contributed by atoms with Crippen molar-refractivity contribution >= 4 is 34.4 Å². The van der Waals surface area contributed by atoms with Crippen LogP contribution in [-0.2, 0) is 16.1 Å². The smallest absolute Gasteiger partial charge is 0.357 e. The first kappa shape index (κ1) is 22.7. The number of carbonyl (C=O) groups excluding carboxylic acids is 3. The standard InChI is InChI=1S/C27H23N3O4/c1-18-10-12-19(13-11-18)16-28-26(32)21-7-3-5-9-23(21)30-25(31)17-34-27(33)24-15-14-20-6-2-4-8-22(20)29-24/h2-15H,16-17H2,1H3,(H,28,32)(H,30,31). The zero-order valence-electron chi connectivity index (χ0n) is 18.6. The number of nitrogens with zero attached hydrogens (tertiary/aromatic N) is 1. The molecule has 7 heteroatoms. The average molecular weight is 453 g/mol. The van der Waals surface area contributed by atoms with Gasteiger partial charge in [0.25, 0.3) is 11.8 Å². The summed E-state index contributed by atoms with van der Waals surface area (Å²) in [7, 11) is 0. The highest BCUT2D eigenvalue weighted by molar-refractivity contribution is 6.04. The molecule has 4 rings (SSSR count). The highest BCUT2D eigenvalue weighted by Crippen LogP contribution is 2.16.